The van der Waals surface area contributed by atoms with E-state index < -0.39 is 0 Å². The fourth-order valence-corrected chi connectivity index (χ4v) is 8.54. The highest BCUT2D eigenvalue weighted by atomic mass is 35.5. The Morgan fingerprint density at radius 3 is 1.32 bits per heavy atom. The molecule has 0 radical (unpaired) electrons. The number of carbonyl (C=O) groups excluding carboxylic acids is 2. The number of hydrogen-bond donors (Lipinski definition) is 1. The van der Waals surface area contributed by atoms with Crippen LogP contribution in [0.5, 0.6) is 23.0 Å². The smallest absolute Gasteiger partial charge is 0.306 e. The molecule has 0 saturated carbocycles. The first-order valence-electron chi connectivity index (χ1n) is 25.0. The lowest BCUT2D eigenvalue weighted by Crippen LogP contribution is -2.13. The number of rotatable bonds is 18. The van der Waals surface area contributed by atoms with Crippen molar-refractivity contribution in [3.63, 3.8) is 0 Å². The molecule has 0 bridgehead atoms. The van der Waals surface area contributed by atoms with Gasteiger partial charge >= 0.3 is 11.9 Å². The van der Waals surface area contributed by atoms with E-state index in [1.807, 2.05) is 80.6 Å². The number of phenolic OH excluding ortho intramolecular Hbond substituents is 1. The van der Waals surface area contributed by atoms with Gasteiger partial charge in [0, 0.05) is 17.0 Å². The number of carbonyl (C=O) groups is 2. The van der Waals surface area contributed by atoms with Gasteiger partial charge in [-0.25, -0.2) is 8.78 Å². The van der Waals surface area contributed by atoms with Gasteiger partial charge in [0.25, 0.3) is 0 Å². The fourth-order valence-electron chi connectivity index (χ4n) is 8.37. The van der Waals surface area contributed by atoms with Gasteiger partial charge in [0.1, 0.15) is 41.2 Å². The second-order valence-electron chi connectivity index (χ2n) is 19.8. The summed E-state index contributed by atoms with van der Waals surface area (Å²) >= 11 is 5.93. The molecule has 6 aromatic carbocycles. The summed E-state index contributed by atoms with van der Waals surface area (Å²) in [4.78, 5) is 23.3. The second kappa shape index (κ2) is 28.2. The van der Waals surface area contributed by atoms with E-state index in [0.717, 1.165) is 63.1 Å². The number of halogens is 3. The maximum absolute atomic E-state index is 14.9. The van der Waals surface area contributed by atoms with Crippen LogP contribution in [-0.4, -0.2) is 44.5 Å². The van der Waals surface area contributed by atoms with Gasteiger partial charge in [-0.3, -0.25) is 9.59 Å². The number of ether oxygens (including phenoxy) is 5. The number of hydrogen-bond acceptors (Lipinski definition) is 8. The molecular formula is C62H75ClF2O8. The molecule has 0 aliphatic carbocycles. The van der Waals surface area contributed by atoms with Crippen molar-refractivity contribution in [2.75, 3.05) is 27.4 Å². The molecule has 0 unspecified atom stereocenters. The normalized spacial score (nSPS) is 12.0. The summed E-state index contributed by atoms with van der Waals surface area (Å²) in [6, 6.07) is 36.5. The number of methoxy groups -OCH3 is 2. The monoisotopic (exact) mass is 1020 g/mol. The summed E-state index contributed by atoms with van der Waals surface area (Å²) in [7, 11) is 3.16. The lowest BCUT2D eigenvalue weighted by atomic mass is 9.81. The summed E-state index contributed by atoms with van der Waals surface area (Å²) < 4.78 is 55.8. The highest BCUT2D eigenvalue weighted by Gasteiger charge is 2.23. The fraction of sp³-hybridized carbons (Fsp3) is 0.387. The van der Waals surface area contributed by atoms with Gasteiger partial charge in [-0.1, -0.05) is 104 Å². The molecule has 0 aliphatic rings. The van der Waals surface area contributed by atoms with Crippen molar-refractivity contribution >= 4 is 23.5 Å². The van der Waals surface area contributed by atoms with E-state index in [1.165, 1.54) is 12.1 Å². The SMILES string of the molecule is CCOC(=O)C[C@@H](CC)c1ccc(O)cc1.CCOC(=O)C[C@@H](CC)c1ccc(OCc2ccc(C(C)(C)C)c(-c3cc(OC)ccc3F)c2)cc1.COc1ccc(F)c(-c2cc(CCl)ccc2C(C)(C)C)c1. The van der Waals surface area contributed by atoms with Crippen LogP contribution in [0, 0.1) is 11.6 Å². The molecule has 0 spiro atoms. The van der Waals surface area contributed by atoms with Crippen molar-refractivity contribution < 1.29 is 47.2 Å². The highest BCUT2D eigenvalue weighted by molar-refractivity contribution is 6.17. The molecule has 0 aromatic heterocycles. The second-order valence-corrected chi connectivity index (χ2v) is 20.0. The topological polar surface area (TPSA) is 101 Å². The van der Waals surface area contributed by atoms with Crippen LogP contribution in [0.25, 0.3) is 22.3 Å². The van der Waals surface area contributed by atoms with Crippen LogP contribution in [0.3, 0.4) is 0 Å². The molecule has 11 heteroatoms. The van der Waals surface area contributed by atoms with Gasteiger partial charge in [0.05, 0.1) is 40.3 Å². The summed E-state index contributed by atoms with van der Waals surface area (Å²) in [5.74, 6) is 2.04. The van der Waals surface area contributed by atoms with E-state index >= 15 is 0 Å². The third-order valence-electron chi connectivity index (χ3n) is 12.4. The molecule has 392 valence electrons. The number of alkyl halides is 1. The third kappa shape index (κ3) is 17.7. The Kier molecular flexibility index (Phi) is 22.8. The molecule has 0 saturated heterocycles. The first-order chi connectivity index (χ1) is 34.7. The van der Waals surface area contributed by atoms with Crippen molar-refractivity contribution in [2.24, 2.45) is 0 Å². The molecule has 0 aliphatic heterocycles. The Balaban J connectivity index is 0.000000263. The van der Waals surface area contributed by atoms with Crippen LogP contribution in [-0.2, 0) is 42.4 Å². The zero-order valence-corrected chi connectivity index (χ0v) is 45.6. The third-order valence-corrected chi connectivity index (χ3v) is 12.7. The molecule has 73 heavy (non-hydrogen) atoms. The Hall–Kier alpha value is -6.39. The molecule has 8 nitrogen and oxygen atoms in total. The quantitative estimate of drug-likeness (QED) is 0.0671. The van der Waals surface area contributed by atoms with Crippen molar-refractivity contribution in [1.82, 2.24) is 0 Å². The lowest BCUT2D eigenvalue weighted by Gasteiger charge is -2.24. The number of aromatic hydroxyl groups is 1. The van der Waals surface area contributed by atoms with E-state index in [4.69, 9.17) is 35.3 Å². The van der Waals surface area contributed by atoms with Crippen LogP contribution >= 0.6 is 11.6 Å². The van der Waals surface area contributed by atoms with Crippen molar-refractivity contribution in [3.05, 3.63) is 166 Å². The number of benzene rings is 6. The molecule has 6 rings (SSSR count). The average Bonchev–Trinajstić information content (AvgIpc) is 3.37. The van der Waals surface area contributed by atoms with Gasteiger partial charge in [-0.05, 0) is 167 Å². The minimum Gasteiger partial charge on any atom is -0.508 e. The largest absolute Gasteiger partial charge is 0.508 e. The predicted molar refractivity (Wildman–Crippen MR) is 291 cm³/mol. The highest BCUT2D eigenvalue weighted by Crippen LogP contribution is 2.39. The summed E-state index contributed by atoms with van der Waals surface area (Å²) in [5, 5.41) is 9.19. The zero-order chi connectivity index (χ0) is 53.9. The average molecular weight is 1020 g/mol. The van der Waals surface area contributed by atoms with E-state index in [-0.39, 0.29) is 52.0 Å². The van der Waals surface area contributed by atoms with E-state index in [2.05, 4.69) is 54.5 Å². The molecule has 0 heterocycles. The Labute approximate surface area is 438 Å². The Bertz CT molecular complexity index is 2690. The van der Waals surface area contributed by atoms with Crippen LogP contribution in [0.15, 0.2) is 121 Å². The van der Waals surface area contributed by atoms with E-state index in [0.29, 0.717) is 61.2 Å². The van der Waals surface area contributed by atoms with Gasteiger partial charge in [-0.15, -0.1) is 11.6 Å². The van der Waals surface area contributed by atoms with Crippen LogP contribution < -0.4 is 14.2 Å². The van der Waals surface area contributed by atoms with E-state index in [9.17, 15) is 23.5 Å². The van der Waals surface area contributed by atoms with Crippen molar-refractivity contribution in [3.8, 4) is 45.3 Å². The lowest BCUT2D eigenvalue weighted by molar-refractivity contribution is -0.144. The molecular weight excluding hydrogens is 946 g/mol. The molecule has 0 fully saturated rings. The van der Waals surface area contributed by atoms with Gasteiger partial charge < -0.3 is 28.8 Å². The van der Waals surface area contributed by atoms with Gasteiger partial charge in [-0.2, -0.15) is 0 Å². The minimum absolute atomic E-state index is 0.0876. The minimum atomic E-state index is -0.289. The van der Waals surface area contributed by atoms with Crippen LogP contribution in [0.4, 0.5) is 8.78 Å². The Morgan fingerprint density at radius 1 is 0.534 bits per heavy atom. The van der Waals surface area contributed by atoms with Gasteiger partial charge in [0.15, 0.2) is 0 Å². The predicted octanol–water partition coefficient (Wildman–Crippen LogP) is 16.2. The molecule has 1 N–H and O–H groups in total. The first kappa shape index (κ1) is 59.2. The zero-order valence-electron chi connectivity index (χ0n) is 44.8. The summed E-state index contributed by atoms with van der Waals surface area (Å²) in [5.41, 5.74) is 8.71. The maximum atomic E-state index is 14.9. The van der Waals surface area contributed by atoms with Crippen LogP contribution in [0.2, 0.25) is 0 Å². The first-order valence-corrected chi connectivity index (χ1v) is 25.6. The standard InChI is InChI=1S/C31H37FO4.C18H20ClFO.C13H18O3/c1-7-22(18-30(33)35-8-2)23-10-12-24(13-11-23)36-20-21-9-15-28(31(3,4)5)26(17-21)27-19-25(34-6)14-16-29(27)32;1-18(2,3)16-7-5-12(11-19)9-14(16)15-10-13(21-4)6-8-17(15)20;1-3-10(9-13(15)16-4-2)11-5-7-12(14)8-6-11/h9-17,19,22H,7-8,18,20H2,1-6H3;5-10H,11H2,1-4H3;5-8,10,14H,3-4,9H2,1-2H3/t22-;;10-/m1.1/s1. The summed E-state index contributed by atoms with van der Waals surface area (Å²) in [6.45, 7) is 21.6. The molecule has 2 atom stereocenters. The number of phenols is 1. The Morgan fingerprint density at radius 2 is 0.932 bits per heavy atom. The van der Waals surface area contributed by atoms with E-state index in [1.54, 1.807) is 57.5 Å². The van der Waals surface area contributed by atoms with Gasteiger partial charge in [0.2, 0.25) is 0 Å². The van der Waals surface area contributed by atoms with Crippen molar-refractivity contribution in [1.29, 1.82) is 0 Å². The van der Waals surface area contributed by atoms with Crippen molar-refractivity contribution in [2.45, 2.75) is 130 Å². The summed E-state index contributed by atoms with van der Waals surface area (Å²) in [6.07, 6.45) is 2.50. The molecule has 6 aromatic rings. The number of esters is 2. The van der Waals surface area contributed by atoms with Crippen LogP contribution in [0.1, 0.15) is 140 Å². The molecule has 0 amide bonds. The maximum Gasteiger partial charge on any atom is 0.306 e.